The highest BCUT2D eigenvalue weighted by atomic mass is 32.2. The molecule has 2 aromatic carbocycles. The first-order valence-electron chi connectivity index (χ1n) is 8.37. The van der Waals surface area contributed by atoms with E-state index >= 15 is 0 Å². The number of hydrogen-bond acceptors (Lipinski definition) is 6. The van der Waals surface area contributed by atoms with Gasteiger partial charge in [0.1, 0.15) is 5.75 Å². The molecule has 0 unspecified atom stereocenters. The van der Waals surface area contributed by atoms with Gasteiger partial charge in [-0.25, -0.2) is 8.42 Å². The van der Waals surface area contributed by atoms with Crippen LogP contribution in [0, 0.1) is 10.1 Å². The van der Waals surface area contributed by atoms with Gasteiger partial charge >= 0.3 is 0 Å². The highest BCUT2D eigenvalue weighted by Crippen LogP contribution is 2.22. The van der Waals surface area contributed by atoms with Crippen LogP contribution in [-0.4, -0.2) is 38.7 Å². The molecule has 0 radical (unpaired) electrons. The van der Waals surface area contributed by atoms with Crippen LogP contribution in [0.1, 0.15) is 13.3 Å². The van der Waals surface area contributed by atoms with Crippen LogP contribution in [-0.2, 0) is 14.8 Å². The number of non-ortho nitro benzene ring substituents is 1. The first-order valence-corrected chi connectivity index (χ1v) is 10.2. The van der Waals surface area contributed by atoms with Crippen molar-refractivity contribution in [3.63, 3.8) is 0 Å². The molecule has 0 heterocycles. The van der Waals surface area contributed by atoms with Crippen molar-refractivity contribution in [3.05, 3.63) is 58.6 Å². The summed E-state index contributed by atoms with van der Waals surface area (Å²) in [5, 5.41) is 13.4. The SMILES string of the molecule is CC[C@H](Oc1ccc(N(C)S(C)(=O)=O)cc1)C(=O)Nc1cccc([N+](=O)[O-])c1. The summed E-state index contributed by atoms with van der Waals surface area (Å²) in [5.41, 5.74) is 0.632. The normalized spacial score (nSPS) is 12.1. The maximum Gasteiger partial charge on any atom is 0.271 e. The van der Waals surface area contributed by atoms with Crippen LogP contribution in [0.3, 0.4) is 0 Å². The minimum Gasteiger partial charge on any atom is -0.481 e. The van der Waals surface area contributed by atoms with Crippen molar-refractivity contribution in [3.8, 4) is 5.75 Å². The molecule has 0 saturated carbocycles. The Labute approximate surface area is 163 Å². The molecule has 0 aromatic heterocycles. The topological polar surface area (TPSA) is 119 Å². The van der Waals surface area contributed by atoms with E-state index in [0.29, 0.717) is 23.5 Å². The van der Waals surface area contributed by atoms with Crippen LogP contribution in [0.15, 0.2) is 48.5 Å². The van der Waals surface area contributed by atoms with Gasteiger partial charge < -0.3 is 10.1 Å². The largest absolute Gasteiger partial charge is 0.481 e. The van der Waals surface area contributed by atoms with Crippen LogP contribution >= 0.6 is 0 Å². The van der Waals surface area contributed by atoms with Gasteiger partial charge in [-0.2, -0.15) is 0 Å². The molecule has 0 fully saturated rings. The number of carbonyl (C=O) groups excluding carboxylic acids is 1. The second-order valence-corrected chi connectivity index (χ2v) is 8.05. The molecule has 1 amide bonds. The van der Waals surface area contributed by atoms with Gasteiger partial charge in [-0.15, -0.1) is 0 Å². The van der Waals surface area contributed by atoms with Gasteiger partial charge in [0.05, 0.1) is 16.9 Å². The fourth-order valence-electron chi connectivity index (χ4n) is 2.33. The molecule has 9 nitrogen and oxygen atoms in total. The molecule has 0 bridgehead atoms. The number of benzene rings is 2. The molecule has 2 rings (SSSR count). The summed E-state index contributed by atoms with van der Waals surface area (Å²) in [6.07, 6.45) is 0.645. The third kappa shape index (κ3) is 5.43. The number of anilines is 2. The maximum atomic E-state index is 12.4. The zero-order valence-corrected chi connectivity index (χ0v) is 16.5. The Balaban J connectivity index is 2.08. The lowest BCUT2D eigenvalue weighted by Crippen LogP contribution is -2.32. The summed E-state index contributed by atoms with van der Waals surface area (Å²) in [7, 11) is -1.94. The maximum absolute atomic E-state index is 12.4. The first kappa shape index (κ1) is 21.2. The number of ether oxygens (including phenoxy) is 1. The van der Waals surface area contributed by atoms with Gasteiger partial charge in [0.2, 0.25) is 10.0 Å². The molecule has 28 heavy (non-hydrogen) atoms. The van der Waals surface area contributed by atoms with E-state index in [1.54, 1.807) is 37.3 Å². The molecular weight excluding hydrogens is 386 g/mol. The number of nitro benzene ring substituents is 1. The van der Waals surface area contributed by atoms with E-state index in [1.165, 1.54) is 25.2 Å². The second kappa shape index (κ2) is 8.70. The lowest BCUT2D eigenvalue weighted by atomic mass is 10.2. The quantitative estimate of drug-likeness (QED) is 0.531. The molecule has 0 aliphatic rings. The van der Waals surface area contributed by atoms with Crippen molar-refractivity contribution in [1.82, 2.24) is 0 Å². The van der Waals surface area contributed by atoms with Gasteiger partial charge in [0, 0.05) is 24.9 Å². The van der Waals surface area contributed by atoms with Gasteiger partial charge in [-0.3, -0.25) is 19.2 Å². The van der Waals surface area contributed by atoms with Crippen molar-refractivity contribution in [2.24, 2.45) is 0 Å². The van der Waals surface area contributed by atoms with Crippen molar-refractivity contribution in [2.45, 2.75) is 19.4 Å². The number of nitrogens with zero attached hydrogens (tertiary/aromatic N) is 2. The number of hydrogen-bond donors (Lipinski definition) is 1. The smallest absolute Gasteiger partial charge is 0.271 e. The molecule has 2 aromatic rings. The van der Waals surface area contributed by atoms with Crippen LogP contribution in [0.4, 0.5) is 17.1 Å². The minimum absolute atomic E-state index is 0.127. The Morgan fingerprint density at radius 1 is 1.25 bits per heavy atom. The summed E-state index contributed by atoms with van der Waals surface area (Å²) < 4.78 is 29.9. The number of amides is 1. The van der Waals surface area contributed by atoms with E-state index in [1.807, 2.05) is 0 Å². The molecule has 10 heteroatoms. The number of sulfonamides is 1. The standard InChI is InChI=1S/C18H21N3O6S/c1-4-17(18(22)19-13-6-5-7-15(12-13)21(23)24)27-16-10-8-14(9-11-16)20(2)28(3,25)26/h5-12,17H,4H2,1-3H3,(H,19,22)/t17-/m0/s1. The Hall–Kier alpha value is -3.14. The summed E-state index contributed by atoms with van der Waals surface area (Å²) in [6, 6.07) is 11.9. The first-order chi connectivity index (χ1) is 13.1. The van der Waals surface area contributed by atoms with Crippen LogP contribution in [0.5, 0.6) is 5.75 Å². The molecule has 0 aliphatic carbocycles. The van der Waals surface area contributed by atoms with Crippen molar-refractivity contribution in [2.75, 3.05) is 22.9 Å². The summed E-state index contributed by atoms with van der Waals surface area (Å²) in [4.78, 5) is 22.7. The fourth-order valence-corrected chi connectivity index (χ4v) is 2.84. The molecule has 0 spiro atoms. The third-order valence-electron chi connectivity index (χ3n) is 3.96. The van der Waals surface area contributed by atoms with E-state index < -0.39 is 27.0 Å². The third-order valence-corrected chi connectivity index (χ3v) is 5.17. The van der Waals surface area contributed by atoms with E-state index in [2.05, 4.69) is 5.32 Å². The molecule has 150 valence electrons. The summed E-state index contributed by atoms with van der Waals surface area (Å²) in [6.45, 7) is 1.77. The lowest BCUT2D eigenvalue weighted by Gasteiger charge is -2.19. The Kier molecular flexibility index (Phi) is 6.57. The number of nitrogens with one attached hydrogen (secondary N) is 1. The predicted molar refractivity (Wildman–Crippen MR) is 106 cm³/mol. The second-order valence-electron chi connectivity index (χ2n) is 6.04. The number of rotatable bonds is 8. The van der Waals surface area contributed by atoms with Crippen molar-refractivity contribution < 1.29 is 22.9 Å². The molecule has 0 saturated heterocycles. The monoisotopic (exact) mass is 407 g/mol. The van der Waals surface area contributed by atoms with Gasteiger partial charge in [-0.1, -0.05) is 13.0 Å². The highest BCUT2D eigenvalue weighted by molar-refractivity contribution is 7.92. The Morgan fingerprint density at radius 2 is 1.89 bits per heavy atom. The van der Waals surface area contributed by atoms with E-state index in [4.69, 9.17) is 4.74 Å². The molecule has 1 atom stereocenters. The zero-order chi connectivity index (χ0) is 20.9. The highest BCUT2D eigenvalue weighted by Gasteiger charge is 2.20. The fraction of sp³-hybridized carbons (Fsp3) is 0.278. The van der Waals surface area contributed by atoms with Crippen LogP contribution < -0.4 is 14.4 Å². The zero-order valence-electron chi connectivity index (χ0n) is 15.7. The van der Waals surface area contributed by atoms with E-state index in [9.17, 15) is 23.3 Å². The average molecular weight is 407 g/mol. The lowest BCUT2D eigenvalue weighted by molar-refractivity contribution is -0.384. The molecule has 0 aliphatic heterocycles. The van der Waals surface area contributed by atoms with Crippen LogP contribution in [0.25, 0.3) is 0 Å². The Bertz CT molecular complexity index is 960. The molecular formula is C18H21N3O6S. The minimum atomic E-state index is -3.37. The Morgan fingerprint density at radius 3 is 2.43 bits per heavy atom. The van der Waals surface area contributed by atoms with Gasteiger partial charge in [0.15, 0.2) is 6.10 Å². The van der Waals surface area contributed by atoms with E-state index in [0.717, 1.165) is 10.6 Å². The van der Waals surface area contributed by atoms with E-state index in [-0.39, 0.29) is 5.69 Å². The number of carbonyl (C=O) groups is 1. The summed E-state index contributed by atoms with van der Waals surface area (Å²) >= 11 is 0. The summed E-state index contributed by atoms with van der Waals surface area (Å²) in [5.74, 6) is -0.0491. The van der Waals surface area contributed by atoms with Gasteiger partial charge in [-0.05, 0) is 36.8 Å². The number of nitro groups is 1. The predicted octanol–water partition coefficient (Wildman–Crippen LogP) is 2.79. The van der Waals surface area contributed by atoms with Crippen LogP contribution in [0.2, 0.25) is 0 Å². The average Bonchev–Trinajstić information content (AvgIpc) is 2.65. The van der Waals surface area contributed by atoms with Crippen molar-refractivity contribution >= 4 is 33.0 Å². The van der Waals surface area contributed by atoms with Crippen molar-refractivity contribution in [1.29, 1.82) is 0 Å². The van der Waals surface area contributed by atoms with Gasteiger partial charge in [0.25, 0.3) is 11.6 Å². The molecule has 1 N–H and O–H groups in total.